The molecule has 2 aromatic carbocycles. The van der Waals surface area contributed by atoms with Gasteiger partial charge < -0.3 is 19.3 Å². The van der Waals surface area contributed by atoms with E-state index in [0.29, 0.717) is 16.4 Å². The molecule has 0 spiro atoms. The molecule has 1 aliphatic rings. The number of likely N-dealkylation sites (tertiary alicyclic amines) is 1. The molecule has 166 valence electrons. The zero-order valence-corrected chi connectivity index (χ0v) is 17.5. The molecule has 0 aliphatic carbocycles. The standard InChI is InChI=1S/C22H19ClFN3O5/c23-15-7-5-13(6-8-15)21-25-19(32-26-21)12-31-22(30)18-10-16(28)11-27(18)20(29)9-14-3-1-2-4-17(14)24/h1-8,16,18,28H,9-12H2. The third-order valence-corrected chi connectivity index (χ3v) is 5.33. The summed E-state index contributed by atoms with van der Waals surface area (Å²) in [7, 11) is 0. The quantitative estimate of drug-likeness (QED) is 0.565. The predicted molar refractivity (Wildman–Crippen MR) is 111 cm³/mol. The van der Waals surface area contributed by atoms with E-state index in [1.807, 2.05) is 0 Å². The first-order chi connectivity index (χ1) is 15.4. The number of aliphatic hydroxyl groups is 1. The molecule has 1 aliphatic heterocycles. The van der Waals surface area contributed by atoms with Gasteiger partial charge in [-0.2, -0.15) is 4.98 Å². The van der Waals surface area contributed by atoms with Gasteiger partial charge >= 0.3 is 5.97 Å². The monoisotopic (exact) mass is 459 g/mol. The van der Waals surface area contributed by atoms with Crippen molar-refractivity contribution in [2.24, 2.45) is 0 Å². The van der Waals surface area contributed by atoms with E-state index in [4.69, 9.17) is 20.9 Å². The normalized spacial score (nSPS) is 18.0. The lowest BCUT2D eigenvalue weighted by atomic mass is 10.1. The van der Waals surface area contributed by atoms with Gasteiger partial charge in [0.2, 0.25) is 11.7 Å². The van der Waals surface area contributed by atoms with Crippen LogP contribution in [0.25, 0.3) is 11.4 Å². The first-order valence-electron chi connectivity index (χ1n) is 9.87. The van der Waals surface area contributed by atoms with E-state index in [-0.39, 0.29) is 37.4 Å². The van der Waals surface area contributed by atoms with E-state index in [1.54, 1.807) is 30.3 Å². The van der Waals surface area contributed by atoms with Crippen LogP contribution < -0.4 is 0 Å². The van der Waals surface area contributed by atoms with Crippen molar-refractivity contribution in [1.82, 2.24) is 15.0 Å². The Hall–Kier alpha value is -3.30. The van der Waals surface area contributed by atoms with Crippen molar-refractivity contribution in [2.75, 3.05) is 6.54 Å². The van der Waals surface area contributed by atoms with Gasteiger partial charge in [-0.1, -0.05) is 35.0 Å². The number of rotatable bonds is 6. The van der Waals surface area contributed by atoms with Gasteiger partial charge in [0, 0.05) is 23.6 Å². The van der Waals surface area contributed by atoms with Gasteiger partial charge in [-0.25, -0.2) is 9.18 Å². The highest BCUT2D eigenvalue weighted by atomic mass is 35.5. The summed E-state index contributed by atoms with van der Waals surface area (Å²) in [6, 6.07) is 11.7. The zero-order chi connectivity index (χ0) is 22.7. The fourth-order valence-electron chi connectivity index (χ4n) is 3.48. The number of amides is 1. The van der Waals surface area contributed by atoms with Gasteiger partial charge in [-0.05, 0) is 35.9 Å². The van der Waals surface area contributed by atoms with E-state index in [0.717, 1.165) is 0 Å². The van der Waals surface area contributed by atoms with Crippen molar-refractivity contribution in [2.45, 2.75) is 31.6 Å². The second-order valence-electron chi connectivity index (χ2n) is 7.35. The van der Waals surface area contributed by atoms with Crippen LogP contribution in [0.15, 0.2) is 53.1 Å². The number of ether oxygens (including phenoxy) is 1. The summed E-state index contributed by atoms with van der Waals surface area (Å²) >= 11 is 5.86. The van der Waals surface area contributed by atoms with Gasteiger partial charge in [0.15, 0.2) is 6.61 Å². The van der Waals surface area contributed by atoms with Gasteiger partial charge in [0.05, 0.1) is 12.5 Å². The third kappa shape index (κ3) is 4.95. The van der Waals surface area contributed by atoms with Crippen molar-refractivity contribution >= 4 is 23.5 Å². The predicted octanol–water partition coefficient (Wildman–Crippen LogP) is 2.78. The highest BCUT2D eigenvalue weighted by Crippen LogP contribution is 2.22. The molecule has 8 nitrogen and oxygen atoms in total. The van der Waals surface area contributed by atoms with Crippen molar-refractivity contribution in [3.05, 3.63) is 70.8 Å². The summed E-state index contributed by atoms with van der Waals surface area (Å²) in [5, 5.41) is 14.4. The molecule has 0 bridgehead atoms. The van der Waals surface area contributed by atoms with Crippen LogP contribution >= 0.6 is 11.6 Å². The second-order valence-corrected chi connectivity index (χ2v) is 7.78. The molecule has 0 radical (unpaired) electrons. The van der Waals surface area contributed by atoms with E-state index in [2.05, 4.69) is 10.1 Å². The average molecular weight is 460 g/mol. The molecule has 1 aromatic heterocycles. The number of aromatic nitrogens is 2. The Morgan fingerprint density at radius 2 is 1.97 bits per heavy atom. The Morgan fingerprint density at radius 3 is 2.72 bits per heavy atom. The van der Waals surface area contributed by atoms with Crippen LogP contribution in [0.2, 0.25) is 5.02 Å². The molecule has 4 rings (SSSR count). The smallest absolute Gasteiger partial charge is 0.329 e. The maximum atomic E-state index is 13.9. The Morgan fingerprint density at radius 1 is 1.22 bits per heavy atom. The fraction of sp³-hybridized carbons (Fsp3) is 0.273. The number of hydrogen-bond donors (Lipinski definition) is 1. The molecule has 3 aromatic rings. The Labute approximate surface area is 187 Å². The maximum Gasteiger partial charge on any atom is 0.329 e. The number of β-amino-alcohol motifs (C(OH)–C–C–N with tert-alkyl or cyclic N) is 1. The number of carbonyl (C=O) groups excluding carboxylic acids is 2. The molecular formula is C22H19ClFN3O5. The Bertz CT molecular complexity index is 1120. The highest BCUT2D eigenvalue weighted by Gasteiger charge is 2.40. The SMILES string of the molecule is O=C(OCc1nc(-c2ccc(Cl)cc2)no1)C1CC(O)CN1C(=O)Cc1ccccc1F. The van der Waals surface area contributed by atoms with Crippen LogP contribution in [0.1, 0.15) is 17.9 Å². The summed E-state index contributed by atoms with van der Waals surface area (Å²) in [4.78, 5) is 30.7. The number of carbonyl (C=O) groups is 2. The van der Waals surface area contributed by atoms with E-state index >= 15 is 0 Å². The Kier molecular flexibility index (Phi) is 6.48. The second kappa shape index (κ2) is 9.46. The molecule has 0 saturated carbocycles. The molecule has 2 heterocycles. The summed E-state index contributed by atoms with van der Waals surface area (Å²) in [6.07, 6.45) is -1.07. The minimum Gasteiger partial charge on any atom is -0.454 e. The van der Waals surface area contributed by atoms with Crippen molar-refractivity contribution in [3.8, 4) is 11.4 Å². The third-order valence-electron chi connectivity index (χ3n) is 5.08. The number of nitrogens with zero attached hydrogens (tertiary/aromatic N) is 3. The highest BCUT2D eigenvalue weighted by molar-refractivity contribution is 6.30. The molecule has 1 saturated heterocycles. The molecule has 1 N–H and O–H groups in total. The number of esters is 1. The first kappa shape index (κ1) is 21.9. The molecule has 2 atom stereocenters. The van der Waals surface area contributed by atoms with Gasteiger partial charge in [-0.15, -0.1) is 0 Å². The van der Waals surface area contributed by atoms with Crippen LogP contribution in [0.5, 0.6) is 0 Å². The summed E-state index contributed by atoms with van der Waals surface area (Å²) in [5.74, 6) is -1.31. The van der Waals surface area contributed by atoms with E-state index < -0.39 is 29.8 Å². The average Bonchev–Trinajstić information content (AvgIpc) is 3.41. The Balaban J connectivity index is 1.38. The van der Waals surface area contributed by atoms with E-state index in [1.165, 1.54) is 23.1 Å². The van der Waals surface area contributed by atoms with Crippen LogP contribution in [0, 0.1) is 5.82 Å². The van der Waals surface area contributed by atoms with Crippen molar-refractivity contribution in [1.29, 1.82) is 0 Å². The van der Waals surface area contributed by atoms with Gasteiger partial charge in [0.1, 0.15) is 11.9 Å². The number of benzene rings is 2. The number of halogens is 2. The van der Waals surface area contributed by atoms with Crippen molar-refractivity contribution in [3.63, 3.8) is 0 Å². The molecule has 10 heteroatoms. The lowest BCUT2D eigenvalue weighted by Crippen LogP contribution is -2.42. The maximum absolute atomic E-state index is 13.9. The van der Waals surface area contributed by atoms with Crippen LogP contribution in [-0.4, -0.2) is 50.7 Å². The minimum absolute atomic E-state index is 0.0295. The lowest BCUT2D eigenvalue weighted by molar-refractivity contribution is -0.155. The van der Waals surface area contributed by atoms with Crippen LogP contribution in [0.3, 0.4) is 0 Å². The largest absolute Gasteiger partial charge is 0.454 e. The minimum atomic E-state index is -0.983. The van der Waals surface area contributed by atoms with Gasteiger partial charge in [-0.3, -0.25) is 4.79 Å². The first-order valence-corrected chi connectivity index (χ1v) is 10.2. The van der Waals surface area contributed by atoms with Crippen molar-refractivity contribution < 1.29 is 28.3 Å². The summed E-state index contributed by atoms with van der Waals surface area (Å²) in [5.41, 5.74) is 0.895. The molecule has 32 heavy (non-hydrogen) atoms. The summed E-state index contributed by atoms with van der Waals surface area (Å²) in [6.45, 7) is -0.324. The van der Waals surface area contributed by atoms with Crippen LogP contribution in [-0.2, 0) is 27.4 Å². The molecule has 1 amide bonds. The number of hydrogen-bond acceptors (Lipinski definition) is 7. The zero-order valence-electron chi connectivity index (χ0n) is 16.8. The fourth-order valence-corrected chi connectivity index (χ4v) is 3.60. The molecular weight excluding hydrogens is 441 g/mol. The topological polar surface area (TPSA) is 106 Å². The lowest BCUT2D eigenvalue weighted by Gasteiger charge is -2.23. The van der Waals surface area contributed by atoms with Crippen LogP contribution in [0.4, 0.5) is 4.39 Å². The molecule has 1 fully saturated rings. The number of aliphatic hydroxyl groups excluding tert-OH is 1. The van der Waals surface area contributed by atoms with Gasteiger partial charge in [0.25, 0.3) is 5.89 Å². The van der Waals surface area contributed by atoms with E-state index in [9.17, 15) is 19.1 Å². The summed E-state index contributed by atoms with van der Waals surface area (Å²) < 4.78 is 24.2. The molecule has 2 unspecified atom stereocenters.